The SMILES string of the molecule is O=C(NCc1ccc(Cl)cc1)c1cccc(N2CCCCCC2)n1. The summed E-state index contributed by atoms with van der Waals surface area (Å²) in [5.41, 5.74) is 1.47. The van der Waals surface area contributed by atoms with E-state index in [9.17, 15) is 4.79 Å². The molecule has 4 nitrogen and oxygen atoms in total. The second-order valence-corrected chi connectivity index (χ2v) is 6.53. The van der Waals surface area contributed by atoms with Gasteiger partial charge in [0.2, 0.25) is 0 Å². The largest absolute Gasteiger partial charge is 0.357 e. The average molecular weight is 344 g/mol. The molecule has 1 fully saturated rings. The number of anilines is 1. The Labute approximate surface area is 147 Å². The number of pyridine rings is 1. The first kappa shape index (κ1) is 16.8. The number of aromatic nitrogens is 1. The molecule has 0 unspecified atom stereocenters. The maximum Gasteiger partial charge on any atom is 0.270 e. The third-order valence-electron chi connectivity index (χ3n) is 4.26. The van der Waals surface area contributed by atoms with E-state index in [2.05, 4.69) is 15.2 Å². The van der Waals surface area contributed by atoms with Gasteiger partial charge in [-0.25, -0.2) is 4.98 Å². The summed E-state index contributed by atoms with van der Waals surface area (Å²) >= 11 is 5.87. The minimum atomic E-state index is -0.151. The molecular weight excluding hydrogens is 322 g/mol. The zero-order chi connectivity index (χ0) is 16.8. The van der Waals surface area contributed by atoms with Crippen LogP contribution in [0.15, 0.2) is 42.5 Å². The van der Waals surface area contributed by atoms with E-state index < -0.39 is 0 Å². The number of halogens is 1. The molecule has 0 bridgehead atoms. The number of nitrogens with one attached hydrogen (secondary N) is 1. The fraction of sp³-hybridized carbons (Fsp3) is 0.368. The summed E-state index contributed by atoms with van der Waals surface area (Å²) in [6.45, 7) is 2.50. The molecule has 3 rings (SSSR count). The first-order valence-corrected chi connectivity index (χ1v) is 8.85. The van der Waals surface area contributed by atoms with E-state index >= 15 is 0 Å². The van der Waals surface area contributed by atoms with Crippen LogP contribution < -0.4 is 10.2 Å². The van der Waals surface area contributed by atoms with Crippen LogP contribution in [-0.2, 0) is 6.54 Å². The maximum atomic E-state index is 12.4. The van der Waals surface area contributed by atoms with E-state index in [0.717, 1.165) is 24.5 Å². The summed E-state index contributed by atoms with van der Waals surface area (Å²) in [5, 5.41) is 3.61. The Bertz CT molecular complexity index is 679. The maximum absolute atomic E-state index is 12.4. The van der Waals surface area contributed by atoms with Crippen LogP contribution in [0, 0.1) is 0 Å². The molecule has 126 valence electrons. The van der Waals surface area contributed by atoms with Crippen molar-refractivity contribution in [3.8, 4) is 0 Å². The molecular formula is C19H22ClN3O. The Hall–Kier alpha value is -2.07. The van der Waals surface area contributed by atoms with Gasteiger partial charge in [0.25, 0.3) is 5.91 Å². The van der Waals surface area contributed by atoms with Gasteiger partial charge in [-0.05, 0) is 42.7 Å². The first-order valence-electron chi connectivity index (χ1n) is 8.47. The van der Waals surface area contributed by atoms with Crippen molar-refractivity contribution < 1.29 is 4.79 Å². The van der Waals surface area contributed by atoms with Crippen molar-refractivity contribution in [1.29, 1.82) is 0 Å². The molecule has 0 saturated carbocycles. The number of benzene rings is 1. The number of hydrogen-bond acceptors (Lipinski definition) is 3. The third-order valence-corrected chi connectivity index (χ3v) is 4.52. The minimum Gasteiger partial charge on any atom is -0.357 e. The van der Waals surface area contributed by atoms with Crippen LogP contribution in [0.4, 0.5) is 5.82 Å². The first-order chi connectivity index (χ1) is 11.7. The van der Waals surface area contributed by atoms with Gasteiger partial charge < -0.3 is 10.2 Å². The second kappa shape index (κ2) is 8.15. The van der Waals surface area contributed by atoms with Gasteiger partial charge in [0.1, 0.15) is 11.5 Å². The number of rotatable bonds is 4. The highest BCUT2D eigenvalue weighted by Crippen LogP contribution is 2.17. The summed E-state index contributed by atoms with van der Waals surface area (Å²) in [6.07, 6.45) is 4.93. The molecule has 0 radical (unpaired) electrons. The lowest BCUT2D eigenvalue weighted by molar-refractivity contribution is 0.0946. The fourth-order valence-corrected chi connectivity index (χ4v) is 3.03. The molecule has 24 heavy (non-hydrogen) atoms. The van der Waals surface area contributed by atoms with Gasteiger partial charge >= 0.3 is 0 Å². The van der Waals surface area contributed by atoms with Crippen LogP contribution in [0.1, 0.15) is 41.7 Å². The molecule has 0 aliphatic carbocycles. The number of hydrogen-bond donors (Lipinski definition) is 1. The van der Waals surface area contributed by atoms with Crippen molar-refractivity contribution in [3.05, 3.63) is 58.7 Å². The molecule has 5 heteroatoms. The van der Waals surface area contributed by atoms with Crippen molar-refractivity contribution >= 4 is 23.3 Å². The molecule has 0 atom stereocenters. The van der Waals surface area contributed by atoms with Gasteiger partial charge in [0.15, 0.2) is 0 Å². The molecule has 1 aliphatic heterocycles. The van der Waals surface area contributed by atoms with E-state index in [-0.39, 0.29) is 5.91 Å². The lowest BCUT2D eigenvalue weighted by Crippen LogP contribution is -2.27. The van der Waals surface area contributed by atoms with E-state index in [4.69, 9.17) is 11.6 Å². The van der Waals surface area contributed by atoms with Crippen LogP contribution in [-0.4, -0.2) is 24.0 Å². The molecule has 1 N–H and O–H groups in total. The predicted octanol–water partition coefficient (Wildman–Crippen LogP) is 4.05. The number of amides is 1. The van der Waals surface area contributed by atoms with Gasteiger partial charge in [-0.3, -0.25) is 4.79 Å². The zero-order valence-electron chi connectivity index (χ0n) is 13.7. The Kier molecular flexibility index (Phi) is 5.70. The van der Waals surface area contributed by atoms with E-state index in [1.54, 1.807) is 6.07 Å². The quantitative estimate of drug-likeness (QED) is 0.911. The summed E-state index contributed by atoms with van der Waals surface area (Å²) in [7, 11) is 0. The molecule has 0 spiro atoms. The van der Waals surface area contributed by atoms with Gasteiger partial charge in [-0.2, -0.15) is 0 Å². The van der Waals surface area contributed by atoms with Gasteiger partial charge in [-0.1, -0.05) is 42.6 Å². The normalized spacial score (nSPS) is 15.0. The van der Waals surface area contributed by atoms with E-state index in [1.165, 1.54) is 25.7 Å². The highest BCUT2D eigenvalue weighted by atomic mass is 35.5. The summed E-state index contributed by atoms with van der Waals surface area (Å²) in [4.78, 5) is 19.2. The van der Waals surface area contributed by atoms with Crippen molar-refractivity contribution in [2.75, 3.05) is 18.0 Å². The summed E-state index contributed by atoms with van der Waals surface area (Å²) < 4.78 is 0. The van der Waals surface area contributed by atoms with E-state index in [1.807, 2.05) is 36.4 Å². The van der Waals surface area contributed by atoms with Gasteiger partial charge in [0.05, 0.1) is 0 Å². The monoisotopic (exact) mass is 343 g/mol. The van der Waals surface area contributed by atoms with Crippen LogP contribution in [0.25, 0.3) is 0 Å². The molecule has 2 heterocycles. The average Bonchev–Trinajstić information content (AvgIpc) is 2.90. The molecule has 1 aromatic carbocycles. The molecule has 2 aromatic rings. The standard InChI is InChI=1S/C19H22ClN3O/c20-16-10-8-15(9-11-16)14-21-19(24)17-6-5-7-18(22-17)23-12-3-1-2-4-13-23/h5-11H,1-4,12-14H2,(H,21,24). The number of carbonyl (C=O) groups is 1. The van der Waals surface area contributed by atoms with Crippen molar-refractivity contribution in [3.63, 3.8) is 0 Å². The Morgan fingerprint density at radius 1 is 1.04 bits per heavy atom. The molecule has 1 aromatic heterocycles. The minimum absolute atomic E-state index is 0.151. The van der Waals surface area contributed by atoms with Gasteiger partial charge in [0, 0.05) is 24.7 Å². The lowest BCUT2D eigenvalue weighted by atomic mass is 10.2. The predicted molar refractivity (Wildman–Crippen MR) is 97.5 cm³/mol. The fourth-order valence-electron chi connectivity index (χ4n) is 2.90. The molecule has 1 amide bonds. The van der Waals surface area contributed by atoms with Crippen LogP contribution in [0.5, 0.6) is 0 Å². The van der Waals surface area contributed by atoms with Crippen molar-refractivity contribution in [2.24, 2.45) is 0 Å². The molecule has 1 aliphatic rings. The van der Waals surface area contributed by atoms with Gasteiger partial charge in [-0.15, -0.1) is 0 Å². The zero-order valence-corrected chi connectivity index (χ0v) is 14.4. The summed E-state index contributed by atoms with van der Waals surface area (Å²) in [5.74, 6) is 0.748. The Balaban J connectivity index is 1.64. The summed E-state index contributed by atoms with van der Waals surface area (Å²) in [6, 6.07) is 13.1. The van der Waals surface area contributed by atoms with Crippen molar-refractivity contribution in [1.82, 2.24) is 10.3 Å². The Morgan fingerprint density at radius 3 is 2.46 bits per heavy atom. The van der Waals surface area contributed by atoms with Crippen LogP contribution in [0.2, 0.25) is 5.02 Å². The smallest absolute Gasteiger partial charge is 0.270 e. The second-order valence-electron chi connectivity index (χ2n) is 6.09. The highest BCUT2D eigenvalue weighted by Gasteiger charge is 2.13. The Morgan fingerprint density at radius 2 is 1.75 bits per heavy atom. The number of carbonyl (C=O) groups excluding carboxylic acids is 1. The number of nitrogens with zero attached hydrogens (tertiary/aromatic N) is 2. The van der Waals surface area contributed by atoms with Crippen LogP contribution >= 0.6 is 11.6 Å². The third kappa shape index (κ3) is 4.48. The van der Waals surface area contributed by atoms with Crippen molar-refractivity contribution in [2.45, 2.75) is 32.2 Å². The van der Waals surface area contributed by atoms with E-state index in [0.29, 0.717) is 17.3 Å². The topological polar surface area (TPSA) is 45.2 Å². The van der Waals surface area contributed by atoms with Crippen LogP contribution in [0.3, 0.4) is 0 Å². The molecule has 1 saturated heterocycles. The lowest BCUT2D eigenvalue weighted by Gasteiger charge is -2.21. The highest BCUT2D eigenvalue weighted by molar-refractivity contribution is 6.30.